The van der Waals surface area contributed by atoms with Crippen molar-refractivity contribution < 1.29 is 4.39 Å². The largest absolute Gasteiger partial charge is 0.228 e. The van der Waals surface area contributed by atoms with E-state index in [1.807, 2.05) is 66.7 Å². The molecule has 0 radical (unpaired) electrons. The Balaban J connectivity index is 1.94. The Morgan fingerprint density at radius 1 is 0.560 bits per heavy atom. The number of hydrogen-bond donors (Lipinski definition) is 0. The molecule has 0 N–H and O–H groups in total. The van der Waals surface area contributed by atoms with Crippen molar-refractivity contribution in [3.63, 3.8) is 0 Å². The van der Waals surface area contributed by atoms with Crippen molar-refractivity contribution in [2.75, 3.05) is 0 Å². The highest BCUT2D eigenvalue weighted by atomic mass is 19.1. The second-order valence-corrected chi connectivity index (χ2v) is 5.67. The number of nitrogens with zero attached hydrogens (tertiary/aromatic N) is 2. The van der Waals surface area contributed by atoms with E-state index in [1.54, 1.807) is 18.2 Å². The molecule has 0 fully saturated rings. The first-order valence-electron chi connectivity index (χ1n) is 8.06. The van der Waals surface area contributed by atoms with Crippen LogP contribution in [-0.4, -0.2) is 9.97 Å². The average Bonchev–Trinajstić information content (AvgIpc) is 2.69. The van der Waals surface area contributed by atoms with Crippen molar-refractivity contribution >= 4 is 0 Å². The molecular weight excluding hydrogens is 311 g/mol. The molecule has 0 bridgehead atoms. The summed E-state index contributed by atoms with van der Waals surface area (Å²) in [5.41, 5.74) is 3.89. The lowest BCUT2D eigenvalue weighted by atomic mass is 10.1. The third kappa shape index (κ3) is 3.17. The number of aromatic nitrogens is 2. The van der Waals surface area contributed by atoms with E-state index in [1.165, 1.54) is 6.07 Å². The fourth-order valence-corrected chi connectivity index (χ4v) is 2.72. The van der Waals surface area contributed by atoms with Crippen LogP contribution in [0.2, 0.25) is 0 Å². The molecule has 0 atom stereocenters. The van der Waals surface area contributed by atoms with Gasteiger partial charge in [0.2, 0.25) is 0 Å². The summed E-state index contributed by atoms with van der Waals surface area (Å²) in [7, 11) is 0. The summed E-state index contributed by atoms with van der Waals surface area (Å²) in [4.78, 5) is 9.22. The standard InChI is InChI=1S/C22H15FN2/c23-19-14-8-7-13-18(19)22-24-20(16-9-3-1-4-10-16)15-21(25-22)17-11-5-2-6-12-17/h1-15H. The first-order valence-corrected chi connectivity index (χ1v) is 8.06. The Morgan fingerprint density at radius 2 is 1.04 bits per heavy atom. The molecule has 0 amide bonds. The van der Waals surface area contributed by atoms with Crippen molar-refractivity contribution in [2.24, 2.45) is 0 Å². The topological polar surface area (TPSA) is 25.8 Å². The van der Waals surface area contributed by atoms with Crippen LogP contribution in [0.1, 0.15) is 0 Å². The quantitative estimate of drug-likeness (QED) is 0.488. The average molecular weight is 326 g/mol. The Morgan fingerprint density at radius 3 is 1.56 bits per heavy atom. The van der Waals surface area contributed by atoms with Gasteiger partial charge in [0.25, 0.3) is 0 Å². The van der Waals surface area contributed by atoms with Gasteiger partial charge in [0, 0.05) is 11.1 Å². The van der Waals surface area contributed by atoms with Crippen molar-refractivity contribution in [3.8, 4) is 33.9 Å². The number of hydrogen-bond acceptors (Lipinski definition) is 2. The highest BCUT2D eigenvalue weighted by molar-refractivity contribution is 5.71. The van der Waals surface area contributed by atoms with E-state index in [9.17, 15) is 4.39 Å². The molecule has 2 nitrogen and oxygen atoms in total. The normalized spacial score (nSPS) is 10.6. The predicted octanol–water partition coefficient (Wildman–Crippen LogP) is 5.62. The highest BCUT2D eigenvalue weighted by Crippen LogP contribution is 2.28. The molecule has 4 aromatic rings. The molecule has 0 spiro atoms. The van der Waals surface area contributed by atoms with Gasteiger partial charge < -0.3 is 0 Å². The van der Waals surface area contributed by atoms with Gasteiger partial charge >= 0.3 is 0 Å². The maximum atomic E-state index is 14.3. The zero-order chi connectivity index (χ0) is 17.1. The van der Waals surface area contributed by atoms with Crippen LogP contribution in [0.3, 0.4) is 0 Å². The summed E-state index contributed by atoms with van der Waals surface area (Å²) in [6.45, 7) is 0. The lowest BCUT2D eigenvalue weighted by Crippen LogP contribution is -1.97. The molecule has 120 valence electrons. The SMILES string of the molecule is Fc1ccccc1-c1nc(-c2ccccc2)cc(-c2ccccc2)n1. The van der Waals surface area contributed by atoms with Gasteiger partial charge in [0.1, 0.15) is 5.82 Å². The van der Waals surface area contributed by atoms with E-state index in [0.717, 1.165) is 22.5 Å². The minimum atomic E-state index is -0.327. The molecule has 0 aliphatic carbocycles. The minimum Gasteiger partial charge on any atom is -0.228 e. The number of rotatable bonds is 3. The van der Waals surface area contributed by atoms with E-state index < -0.39 is 0 Å². The van der Waals surface area contributed by atoms with Crippen LogP contribution < -0.4 is 0 Å². The summed E-state index contributed by atoms with van der Waals surface area (Å²) in [6.07, 6.45) is 0. The molecule has 0 aliphatic heterocycles. The molecule has 25 heavy (non-hydrogen) atoms. The van der Waals surface area contributed by atoms with Gasteiger partial charge in [-0.2, -0.15) is 0 Å². The van der Waals surface area contributed by atoms with Crippen LogP contribution in [0.15, 0.2) is 91.0 Å². The van der Waals surface area contributed by atoms with Crippen molar-refractivity contribution in [1.29, 1.82) is 0 Å². The van der Waals surface area contributed by atoms with Gasteiger partial charge in [-0.25, -0.2) is 14.4 Å². The summed E-state index contributed by atoms with van der Waals surface area (Å²) in [5.74, 6) is 0.0602. The zero-order valence-corrected chi connectivity index (χ0v) is 13.4. The maximum absolute atomic E-state index is 14.3. The lowest BCUT2D eigenvalue weighted by Gasteiger charge is -2.09. The van der Waals surface area contributed by atoms with E-state index in [2.05, 4.69) is 9.97 Å². The van der Waals surface area contributed by atoms with E-state index in [4.69, 9.17) is 0 Å². The van der Waals surface area contributed by atoms with Gasteiger partial charge in [-0.1, -0.05) is 72.8 Å². The molecule has 0 aliphatic rings. The maximum Gasteiger partial charge on any atom is 0.163 e. The summed E-state index contributed by atoms with van der Waals surface area (Å²) < 4.78 is 14.3. The second kappa shape index (κ2) is 6.65. The summed E-state index contributed by atoms with van der Waals surface area (Å²) >= 11 is 0. The Bertz CT molecular complexity index is 941. The minimum absolute atomic E-state index is 0.327. The monoisotopic (exact) mass is 326 g/mol. The molecule has 0 unspecified atom stereocenters. The van der Waals surface area contributed by atoms with Crippen molar-refractivity contribution in [2.45, 2.75) is 0 Å². The van der Waals surface area contributed by atoms with Gasteiger partial charge in [-0.15, -0.1) is 0 Å². The third-order valence-corrected chi connectivity index (χ3v) is 3.98. The first kappa shape index (κ1) is 15.2. The molecule has 0 saturated carbocycles. The van der Waals surface area contributed by atoms with Crippen LogP contribution in [0, 0.1) is 5.82 Å². The van der Waals surface area contributed by atoms with Gasteiger partial charge in [-0.05, 0) is 18.2 Å². The second-order valence-electron chi connectivity index (χ2n) is 5.67. The highest BCUT2D eigenvalue weighted by Gasteiger charge is 2.12. The van der Waals surface area contributed by atoms with Crippen LogP contribution in [0.5, 0.6) is 0 Å². The summed E-state index contributed by atoms with van der Waals surface area (Å²) in [6, 6.07) is 28.2. The van der Waals surface area contributed by atoms with E-state index >= 15 is 0 Å². The molecule has 3 heteroatoms. The van der Waals surface area contributed by atoms with E-state index in [-0.39, 0.29) is 5.82 Å². The van der Waals surface area contributed by atoms with Crippen LogP contribution in [0.4, 0.5) is 4.39 Å². The zero-order valence-electron chi connectivity index (χ0n) is 13.4. The molecule has 4 rings (SSSR count). The summed E-state index contributed by atoms with van der Waals surface area (Å²) in [5, 5.41) is 0. The number of benzene rings is 3. The molecule has 1 heterocycles. The lowest BCUT2D eigenvalue weighted by molar-refractivity contribution is 0.630. The van der Waals surface area contributed by atoms with Gasteiger partial charge in [0.15, 0.2) is 5.82 Å². The Labute approximate surface area is 145 Å². The Kier molecular flexibility index (Phi) is 4.05. The fraction of sp³-hybridized carbons (Fsp3) is 0. The Hall–Kier alpha value is -3.33. The van der Waals surface area contributed by atoms with Crippen LogP contribution in [0.25, 0.3) is 33.9 Å². The van der Waals surface area contributed by atoms with Gasteiger partial charge in [-0.3, -0.25) is 0 Å². The third-order valence-electron chi connectivity index (χ3n) is 3.98. The molecule has 0 saturated heterocycles. The molecule has 3 aromatic carbocycles. The van der Waals surface area contributed by atoms with Crippen molar-refractivity contribution in [3.05, 3.63) is 96.8 Å². The van der Waals surface area contributed by atoms with Crippen LogP contribution in [-0.2, 0) is 0 Å². The van der Waals surface area contributed by atoms with Crippen molar-refractivity contribution in [1.82, 2.24) is 9.97 Å². The van der Waals surface area contributed by atoms with Gasteiger partial charge in [0.05, 0.1) is 17.0 Å². The predicted molar refractivity (Wildman–Crippen MR) is 98.3 cm³/mol. The molecule has 1 aromatic heterocycles. The first-order chi connectivity index (χ1) is 12.3. The van der Waals surface area contributed by atoms with Crippen LogP contribution >= 0.6 is 0 Å². The fourth-order valence-electron chi connectivity index (χ4n) is 2.72. The van der Waals surface area contributed by atoms with E-state index in [0.29, 0.717) is 11.4 Å². The number of halogens is 1. The smallest absolute Gasteiger partial charge is 0.163 e. The molecular formula is C22H15FN2.